The van der Waals surface area contributed by atoms with E-state index in [4.69, 9.17) is 4.74 Å². The monoisotopic (exact) mass is 322 g/mol. The Bertz CT molecular complexity index is 684. The number of hydrogen-bond acceptors (Lipinski definition) is 3. The molecule has 0 N–H and O–H groups in total. The number of carbonyl (C=O) groups is 1. The van der Waals surface area contributed by atoms with Gasteiger partial charge in [0, 0.05) is 39.1 Å². The van der Waals surface area contributed by atoms with Crippen molar-refractivity contribution in [3.8, 4) is 5.75 Å². The number of ether oxygens (including phenoxy) is 1. The smallest absolute Gasteiger partial charge is 0.264 e. The average molecular weight is 322 g/mol. The zero-order valence-corrected chi connectivity index (χ0v) is 13.7. The van der Waals surface area contributed by atoms with Gasteiger partial charge in [-0.25, -0.2) is 0 Å². The molecule has 0 aromatic heterocycles. The molecule has 1 unspecified atom stereocenters. The van der Waals surface area contributed by atoms with E-state index in [-0.39, 0.29) is 12.0 Å². The molecule has 1 amide bonds. The number of nitrogens with zero attached hydrogens (tertiary/aromatic N) is 2. The van der Waals surface area contributed by atoms with Crippen LogP contribution in [0.4, 0.5) is 0 Å². The lowest BCUT2D eigenvalue weighted by Gasteiger charge is -2.35. The lowest BCUT2D eigenvalue weighted by atomic mass is 10.1. The third kappa shape index (κ3) is 3.15. The highest BCUT2D eigenvalue weighted by molar-refractivity contribution is 5.82. The number of amides is 1. The SMILES string of the molecule is O=C(C1Cc2ccccc2O1)N1CCN(Cc2ccccc2)CC1. The van der Waals surface area contributed by atoms with Crippen LogP contribution in [0.1, 0.15) is 11.1 Å². The van der Waals surface area contributed by atoms with Crippen LogP contribution in [-0.2, 0) is 17.8 Å². The number of para-hydroxylation sites is 1. The first-order valence-corrected chi connectivity index (χ1v) is 8.59. The molecule has 1 atom stereocenters. The number of hydrogen-bond donors (Lipinski definition) is 0. The maximum Gasteiger partial charge on any atom is 0.264 e. The van der Waals surface area contributed by atoms with Gasteiger partial charge in [0.05, 0.1) is 0 Å². The maximum absolute atomic E-state index is 12.7. The average Bonchev–Trinajstić information content (AvgIpc) is 3.07. The Labute approximate surface area is 142 Å². The van der Waals surface area contributed by atoms with E-state index in [0.29, 0.717) is 6.42 Å². The third-order valence-corrected chi connectivity index (χ3v) is 4.86. The van der Waals surface area contributed by atoms with Crippen LogP contribution in [0.25, 0.3) is 0 Å². The first-order valence-electron chi connectivity index (χ1n) is 8.59. The number of carbonyl (C=O) groups excluding carboxylic acids is 1. The number of fused-ring (bicyclic) bond motifs is 1. The minimum Gasteiger partial charge on any atom is -0.480 e. The highest BCUT2D eigenvalue weighted by Gasteiger charge is 2.33. The van der Waals surface area contributed by atoms with Crippen LogP contribution in [0.5, 0.6) is 5.75 Å². The highest BCUT2D eigenvalue weighted by Crippen LogP contribution is 2.29. The molecule has 2 aromatic rings. The number of piperazine rings is 1. The predicted octanol–water partition coefficient (Wildman–Crippen LogP) is 2.33. The van der Waals surface area contributed by atoms with Crippen LogP contribution in [0.3, 0.4) is 0 Å². The summed E-state index contributed by atoms with van der Waals surface area (Å²) in [6, 6.07) is 18.4. The summed E-state index contributed by atoms with van der Waals surface area (Å²) in [6.07, 6.45) is 0.349. The molecule has 2 heterocycles. The Kier molecular flexibility index (Phi) is 4.22. The highest BCUT2D eigenvalue weighted by atomic mass is 16.5. The first kappa shape index (κ1) is 15.2. The maximum atomic E-state index is 12.7. The molecular formula is C20H22N2O2. The summed E-state index contributed by atoms with van der Waals surface area (Å²) in [5.41, 5.74) is 2.46. The molecular weight excluding hydrogens is 300 g/mol. The van der Waals surface area contributed by atoms with Crippen LogP contribution in [-0.4, -0.2) is 48.0 Å². The van der Waals surface area contributed by atoms with Crippen molar-refractivity contribution in [3.63, 3.8) is 0 Å². The fourth-order valence-corrected chi connectivity index (χ4v) is 3.49. The molecule has 24 heavy (non-hydrogen) atoms. The predicted molar refractivity (Wildman–Crippen MR) is 92.9 cm³/mol. The van der Waals surface area contributed by atoms with Crippen molar-refractivity contribution in [2.45, 2.75) is 19.1 Å². The standard InChI is InChI=1S/C20H22N2O2/c23-20(19-14-17-8-4-5-9-18(17)24-19)22-12-10-21(11-13-22)15-16-6-2-1-3-7-16/h1-9,19H,10-15H2. The van der Waals surface area contributed by atoms with Gasteiger partial charge in [-0.15, -0.1) is 0 Å². The summed E-state index contributed by atoms with van der Waals surface area (Å²) in [4.78, 5) is 17.1. The molecule has 0 aliphatic carbocycles. The van der Waals surface area contributed by atoms with Gasteiger partial charge in [-0.1, -0.05) is 48.5 Å². The minimum atomic E-state index is -0.344. The Balaban J connectivity index is 1.31. The number of benzene rings is 2. The summed E-state index contributed by atoms with van der Waals surface area (Å²) in [5, 5.41) is 0. The Hall–Kier alpha value is -2.33. The largest absolute Gasteiger partial charge is 0.480 e. The molecule has 1 saturated heterocycles. The van der Waals surface area contributed by atoms with Gasteiger partial charge in [0.15, 0.2) is 6.10 Å². The molecule has 0 spiro atoms. The Morgan fingerprint density at radius 3 is 2.42 bits per heavy atom. The quantitative estimate of drug-likeness (QED) is 0.869. The van der Waals surface area contributed by atoms with E-state index in [1.807, 2.05) is 35.2 Å². The molecule has 4 nitrogen and oxygen atoms in total. The fraction of sp³-hybridized carbons (Fsp3) is 0.350. The minimum absolute atomic E-state index is 0.130. The zero-order chi connectivity index (χ0) is 16.4. The van der Waals surface area contributed by atoms with Crippen molar-refractivity contribution < 1.29 is 9.53 Å². The summed E-state index contributed by atoms with van der Waals surface area (Å²) in [7, 11) is 0. The molecule has 124 valence electrons. The van der Waals surface area contributed by atoms with Crippen LogP contribution in [0.15, 0.2) is 54.6 Å². The van der Waals surface area contributed by atoms with E-state index in [9.17, 15) is 4.79 Å². The molecule has 0 radical (unpaired) electrons. The van der Waals surface area contributed by atoms with E-state index in [1.165, 1.54) is 5.56 Å². The molecule has 2 aliphatic rings. The lowest BCUT2D eigenvalue weighted by molar-refractivity contribution is -0.139. The van der Waals surface area contributed by atoms with Gasteiger partial charge in [0.2, 0.25) is 0 Å². The van der Waals surface area contributed by atoms with Gasteiger partial charge in [-0.2, -0.15) is 0 Å². The van der Waals surface area contributed by atoms with Gasteiger partial charge in [0.25, 0.3) is 5.91 Å². The van der Waals surface area contributed by atoms with Crippen molar-refractivity contribution in [2.75, 3.05) is 26.2 Å². The van der Waals surface area contributed by atoms with Gasteiger partial charge in [-0.05, 0) is 17.2 Å². The van der Waals surface area contributed by atoms with Gasteiger partial charge < -0.3 is 9.64 Å². The van der Waals surface area contributed by atoms with E-state index in [1.54, 1.807) is 0 Å². The van der Waals surface area contributed by atoms with Crippen LogP contribution < -0.4 is 4.74 Å². The molecule has 0 saturated carbocycles. The van der Waals surface area contributed by atoms with Crippen molar-refractivity contribution in [3.05, 3.63) is 65.7 Å². The molecule has 2 aliphatic heterocycles. The van der Waals surface area contributed by atoms with Crippen LogP contribution >= 0.6 is 0 Å². The van der Waals surface area contributed by atoms with Crippen molar-refractivity contribution in [1.82, 2.24) is 9.80 Å². The van der Waals surface area contributed by atoms with Gasteiger partial charge in [0.1, 0.15) is 5.75 Å². The van der Waals surface area contributed by atoms with Crippen molar-refractivity contribution in [2.24, 2.45) is 0 Å². The molecule has 2 aromatic carbocycles. The normalized spacial score (nSPS) is 20.5. The van der Waals surface area contributed by atoms with E-state index >= 15 is 0 Å². The molecule has 4 rings (SSSR count). The number of rotatable bonds is 3. The topological polar surface area (TPSA) is 32.8 Å². The second-order valence-electron chi connectivity index (χ2n) is 6.51. The van der Waals surface area contributed by atoms with Crippen molar-refractivity contribution >= 4 is 5.91 Å². The zero-order valence-electron chi connectivity index (χ0n) is 13.7. The summed E-state index contributed by atoms with van der Waals surface area (Å²) in [5.74, 6) is 0.990. The Morgan fingerprint density at radius 1 is 0.958 bits per heavy atom. The summed E-state index contributed by atoms with van der Waals surface area (Å²) < 4.78 is 5.84. The van der Waals surface area contributed by atoms with Crippen LogP contribution in [0.2, 0.25) is 0 Å². The fourth-order valence-electron chi connectivity index (χ4n) is 3.49. The summed E-state index contributed by atoms with van der Waals surface area (Å²) >= 11 is 0. The molecule has 4 heteroatoms. The van der Waals surface area contributed by atoms with Crippen LogP contribution in [0, 0.1) is 0 Å². The van der Waals surface area contributed by atoms with Crippen molar-refractivity contribution in [1.29, 1.82) is 0 Å². The van der Waals surface area contributed by atoms with E-state index < -0.39 is 0 Å². The molecule has 0 bridgehead atoms. The summed E-state index contributed by atoms with van der Waals surface area (Å²) in [6.45, 7) is 4.35. The van der Waals surface area contributed by atoms with Gasteiger partial charge in [-0.3, -0.25) is 9.69 Å². The van der Waals surface area contributed by atoms with E-state index in [0.717, 1.165) is 44.0 Å². The first-order chi connectivity index (χ1) is 11.8. The second-order valence-corrected chi connectivity index (χ2v) is 6.51. The molecule has 1 fully saturated rings. The van der Waals surface area contributed by atoms with E-state index in [2.05, 4.69) is 29.2 Å². The third-order valence-electron chi connectivity index (χ3n) is 4.86. The second kappa shape index (κ2) is 6.65. The Morgan fingerprint density at radius 2 is 1.67 bits per heavy atom. The lowest BCUT2D eigenvalue weighted by Crippen LogP contribution is -2.51. The van der Waals surface area contributed by atoms with Gasteiger partial charge >= 0.3 is 0 Å².